The fourth-order valence-corrected chi connectivity index (χ4v) is 5.98. The molecule has 160 valence electrons. The molecule has 3 rings (SSSR count). The van der Waals surface area contributed by atoms with E-state index in [0.717, 1.165) is 54.4 Å². The molecule has 0 amide bonds. The van der Waals surface area contributed by atoms with E-state index in [1.54, 1.807) is 5.92 Å². The minimum absolute atomic E-state index is 0.0770. The summed E-state index contributed by atoms with van der Waals surface area (Å²) in [5.74, 6) is 2.92. The normalized spacial score (nSPS) is 30.9. The van der Waals surface area contributed by atoms with Crippen LogP contribution < -0.4 is 0 Å². The van der Waals surface area contributed by atoms with Crippen molar-refractivity contribution in [3.63, 3.8) is 0 Å². The Labute approximate surface area is 185 Å². The molecule has 3 aliphatic rings. The molecular weight excluding hydrogens is 360 g/mol. The van der Waals surface area contributed by atoms with Crippen LogP contribution in [0.3, 0.4) is 0 Å². The van der Waals surface area contributed by atoms with Crippen LogP contribution in [0.2, 0.25) is 0 Å². The lowest BCUT2D eigenvalue weighted by molar-refractivity contribution is 0.314. The molecule has 0 aliphatic heterocycles. The zero-order valence-corrected chi connectivity index (χ0v) is 19.2. The van der Waals surface area contributed by atoms with Gasteiger partial charge in [0.05, 0.1) is 0 Å². The molecule has 30 heavy (non-hydrogen) atoms. The Hall–Kier alpha value is -1.82. The van der Waals surface area contributed by atoms with Crippen LogP contribution in [0, 0.1) is 36.5 Å². The number of rotatable bonds is 8. The standard InChI is InChI=1S/C30H40/c1-9-11-15-19(3)20(4)28-21(5)22(6)29(24(28)8)30-26(16-12-10-2)23(7)25-17-13-14-18-27(25)30/h16,27-30H,1,3-15,17-18H2,2H3. The molecule has 0 aromatic carbocycles. The third-order valence-corrected chi connectivity index (χ3v) is 7.64. The first kappa shape index (κ1) is 22.9. The second kappa shape index (κ2) is 9.54. The van der Waals surface area contributed by atoms with Gasteiger partial charge in [-0.3, -0.25) is 0 Å². The Kier molecular flexibility index (Phi) is 7.27. The third kappa shape index (κ3) is 3.91. The minimum atomic E-state index is 0.0770. The van der Waals surface area contributed by atoms with Crippen LogP contribution in [0.15, 0.2) is 84.6 Å². The summed E-state index contributed by atoms with van der Waals surface area (Å²) in [7, 11) is 0. The maximum Gasteiger partial charge on any atom is 0.0296 e. The van der Waals surface area contributed by atoms with Crippen LogP contribution in [0.5, 0.6) is 0 Å². The van der Waals surface area contributed by atoms with E-state index >= 15 is 0 Å². The van der Waals surface area contributed by atoms with Gasteiger partial charge in [0.1, 0.15) is 0 Å². The first-order chi connectivity index (χ1) is 14.3. The highest BCUT2D eigenvalue weighted by molar-refractivity contribution is 5.60. The second-order valence-electron chi connectivity index (χ2n) is 9.45. The smallest absolute Gasteiger partial charge is 0.0296 e. The van der Waals surface area contributed by atoms with Crippen molar-refractivity contribution in [2.45, 2.75) is 64.7 Å². The first-order valence-corrected chi connectivity index (χ1v) is 11.8. The molecule has 0 heteroatoms. The lowest BCUT2D eigenvalue weighted by Gasteiger charge is -2.33. The Morgan fingerprint density at radius 2 is 1.80 bits per heavy atom. The number of hydrogen-bond acceptors (Lipinski definition) is 0. The SMILES string of the molecule is [CH2]CCCC(=C)C(=C)C1C(=C)C(=C)C(C2C(=CCCC)C(=C)[C]3CCCCC32)C1=C. The summed E-state index contributed by atoms with van der Waals surface area (Å²) in [6, 6.07) is 0. The van der Waals surface area contributed by atoms with Crippen molar-refractivity contribution in [1.82, 2.24) is 0 Å². The predicted octanol–water partition coefficient (Wildman–Crippen LogP) is 8.69. The van der Waals surface area contributed by atoms with E-state index < -0.39 is 0 Å². The summed E-state index contributed by atoms with van der Waals surface area (Å²) >= 11 is 0. The van der Waals surface area contributed by atoms with Gasteiger partial charge in [-0.1, -0.05) is 96.2 Å². The quantitative estimate of drug-likeness (QED) is 0.282. The summed E-state index contributed by atoms with van der Waals surface area (Å²) in [6.45, 7) is 33.1. The average Bonchev–Trinajstić information content (AvgIpc) is 3.14. The van der Waals surface area contributed by atoms with Crippen LogP contribution in [0.1, 0.15) is 64.7 Å². The summed E-state index contributed by atoms with van der Waals surface area (Å²) in [5.41, 5.74) is 8.43. The average molecular weight is 401 g/mol. The highest BCUT2D eigenvalue weighted by atomic mass is 14.5. The molecule has 3 aliphatic carbocycles. The van der Waals surface area contributed by atoms with E-state index in [2.05, 4.69) is 59.4 Å². The topological polar surface area (TPSA) is 0 Å². The fourth-order valence-electron chi connectivity index (χ4n) is 5.98. The molecule has 0 nitrogen and oxygen atoms in total. The summed E-state index contributed by atoms with van der Waals surface area (Å²) in [6.07, 6.45) is 12.7. The van der Waals surface area contributed by atoms with Crippen molar-refractivity contribution in [3.8, 4) is 0 Å². The summed E-state index contributed by atoms with van der Waals surface area (Å²) in [5, 5.41) is 0. The Bertz CT molecular complexity index is 798. The maximum absolute atomic E-state index is 4.62. The van der Waals surface area contributed by atoms with E-state index in [-0.39, 0.29) is 11.8 Å². The van der Waals surface area contributed by atoms with Crippen molar-refractivity contribution in [2.75, 3.05) is 0 Å². The van der Waals surface area contributed by atoms with Gasteiger partial charge in [0.2, 0.25) is 0 Å². The Morgan fingerprint density at radius 1 is 1.07 bits per heavy atom. The van der Waals surface area contributed by atoms with Crippen molar-refractivity contribution in [1.29, 1.82) is 0 Å². The molecule has 3 fully saturated rings. The van der Waals surface area contributed by atoms with Crippen LogP contribution in [-0.2, 0) is 0 Å². The van der Waals surface area contributed by atoms with E-state index in [4.69, 9.17) is 0 Å². The molecule has 3 saturated carbocycles. The lowest BCUT2D eigenvalue weighted by atomic mass is 9.70. The molecular formula is C30H40. The number of fused-ring (bicyclic) bond motifs is 1. The van der Waals surface area contributed by atoms with Crippen molar-refractivity contribution >= 4 is 0 Å². The second-order valence-corrected chi connectivity index (χ2v) is 9.45. The molecule has 0 saturated heterocycles. The summed E-state index contributed by atoms with van der Waals surface area (Å²) < 4.78 is 0. The Balaban J connectivity index is 1.94. The molecule has 4 atom stereocenters. The minimum Gasteiger partial charge on any atom is -0.0983 e. The van der Waals surface area contributed by atoms with Gasteiger partial charge in [0, 0.05) is 17.8 Å². The van der Waals surface area contributed by atoms with E-state index in [1.165, 1.54) is 42.4 Å². The molecule has 0 bridgehead atoms. The predicted molar refractivity (Wildman–Crippen MR) is 133 cm³/mol. The zero-order chi connectivity index (χ0) is 22.0. The molecule has 0 spiro atoms. The van der Waals surface area contributed by atoms with Crippen LogP contribution >= 0.6 is 0 Å². The van der Waals surface area contributed by atoms with Crippen LogP contribution in [0.25, 0.3) is 0 Å². The van der Waals surface area contributed by atoms with E-state index in [9.17, 15) is 0 Å². The molecule has 4 unspecified atom stereocenters. The van der Waals surface area contributed by atoms with Gasteiger partial charge >= 0.3 is 0 Å². The van der Waals surface area contributed by atoms with E-state index in [1.807, 2.05) is 0 Å². The van der Waals surface area contributed by atoms with Crippen molar-refractivity contribution in [2.24, 2.45) is 23.7 Å². The number of allylic oxidation sites excluding steroid dienone is 8. The van der Waals surface area contributed by atoms with Gasteiger partial charge < -0.3 is 0 Å². The van der Waals surface area contributed by atoms with Crippen molar-refractivity contribution in [3.05, 3.63) is 97.4 Å². The third-order valence-electron chi connectivity index (χ3n) is 7.64. The van der Waals surface area contributed by atoms with Crippen LogP contribution in [0.4, 0.5) is 0 Å². The van der Waals surface area contributed by atoms with Gasteiger partial charge in [-0.15, -0.1) is 0 Å². The van der Waals surface area contributed by atoms with Gasteiger partial charge in [-0.25, -0.2) is 0 Å². The maximum atomic E-state index is 4.62. The highest BCUT2D eigenvalue weighted by Crippen LogP contribution is 2.61. The molecule has 0 aromatic heterocycles. The van der Waals surface area contributed by atoms with Gasteiger partial charge in [0.15, 0.2) is 0 Å². The molecule has 0 aromatic rings. The fraction of sp³-hybridized carbons (Fsp3) is 0.467. The molecule has 2 radical (unpaired) electrons. The lowest BCUT2D eigenvalue weighted by Crippen LogP contribution is -2.25. The first-order valence-electron chi connectivity index (χ1n) is 11.8. The van der Waals surface area contributed by atoms with Gasteiger partial charge in [-0.05, 0) is 71.8 Å². The van der Waals surface area contributed by atoms with Gasteiger partial charge in [-0.2, -0.15) is 0 Å². The van der Waals surface area contributed by atoms with E-state index in [0.29, 0.717) is 11.8 Å². The monoisotopic (exact) mass is 400 g/mol. The van der Waals surface area contributed by atoms with Crippen molar-refractivity contribution < 1.29 is 0 Å². The van der Waals surface area contributed by atoms with Gasteiger partial charge in [0.25, 0.3) is 0 Å². The summed E-state index contributed by atoms with van der Waals surface area (Å²) in [4.78, 5) is 0. The number of hydrogen-bond donors (Lipinski definition) is 0. The molecule has 0 heterocycles. The van der Waals surface area contributed by atoms with Crippen LogP contribution in [-0.4, -0.2) is 0 Å². The largest absolute Gasteiger partial charge is 0.0983 e. The highest BCUT2D eigenvalue weighted by Gasteiger charge is 2.51. The molecule has 0 N–H and O–H groups in total. The Morgan fingerprint density at radius 3 is 2.47 bits per heavy atom. The number of unbranched alkanes of at least 4 members (excludes halogenated alkanes) is 2. The zero-order valence-electron chi connectivity index (χ0n) is 19.2.